The highest BCUT2D eigenvalue weighted by Crippen LogP contribution is 2.34. The van der Waals surface area contributed by atoms with Crippen molar-refractivity contribution in [3.05, 3.63) is 47.9 Å². The Labute approximate surface area is 135 Å². The second-order valence-corrected chi connectivity index (χ2v) is 6.29. The number of hydrogen-bond donors (Lipinski definition) is 2. The van der Waals surface area contributed by atoms with Crippen LogP contribution in [0.4, 0.5) is 0 Å². The Morgan fingerprint density at radius 3 is 2.87 bits per heavy atom. The number of nitrogens with zero attached hydrogens (tertiary/aromatic N) is 2. The van der Waals surface area contributed by atoms with Crippen molar-refractivity contribution < 1.29 is 4.74 Å². The zero-order chi connectivity index (χ0) is 15.6. The molecular formula is C18H22N4O. The van der Waals surface area contributed by atoms with Crippen molar-refractivity contribution in [1.82, 2.24) is 20.1 Å². The van der Waals surface area contributed by atoms with Gasteiger partial charge in [-0.2, -0.15) is 5.10 Å². The molecule has 1 aromatic carbocycles. The highest BCUT2D eigenvalue weighted by atomic mass is 16.5. The van der Waals surface area contributed by atoms with E-state index in [1.54, 1.807) is 7.11 Å². The van der Waals surface area contributed by atoms with Crippen molar-refractivity contribution in [1.29, 1.82) is 0 Å². The molecule has 4 rings (SSSR count). The molecule has 1 saturated heterocycles. The van der Waals surface area contributed by atoms with Gasteiger partial charge < -0.3 is 9.72 Å². The van der Waals surface area contributed by atoms with Crippen molar-refractivity contribution in [3.63, 3.8) is 0 Å². The van der Waals surface area contributed by atoms with Gasteiger partial charge in [-0.1, -0.05) is 0 Å². The molecule has 5 heteroatoms. The van der Waals surface area contributed by atoms with Crippen LogP contribution in [0.15, 0.2) is 36.7 Å². The zero-order valence-corrected chi connectivity index (χ0v) is 13.4. The van der Waals surface area contributed by atoms with Gasteiger partial charge in [0.2, 0.25) is 0 Å². The fourth-order valence-corrected chi connectivity index (χ4v) is 3.60. The van der Waals surface area contributed by atoms with Crippen molar-refractivity contribution in [2.45, 2.75) is 25.3 Å². The molecule has 2 N–H and O–H groups in total. The number of ether oxygens (including phenoxy) is 1. The summed E-state index contributed by atoms with van der Waals surface area (Å²) in [5.41, 5.74) is 3.82. The molecule has 0 aliphatic carbocycles. The minimum atomic E-state index is 0.619. The van der Waals surface area contributed by atoms with Gasteiger partial charge in [-0.25, -0.2) is 0 Å². The number of aromatic nitrogens is 3. The predicted octanol–water partition coefficient (Wildman–Crippen LogP) is 3.28. The molecule has 2 aromatic heterocycles. The number of benzene rings is 1. The molecule has 0 radical (unpaired) electrons. The van der Waals surface area contributed by atoms with Crippen molar-refractivity contribution >= 4 is 10.9 Å². The molecule has 0 atom stereocenters. The fourth-order valence-electron chi connectivity index (χ4n) is 3.60. The third-order valence-electron chi connectivity index (χ3n) is 4.90. The number of hydrogen-bond acceptors (Lipinski definition) is 3. The summed E-state index contributed by atoms with van der Waals surface area (Å²) in [6.45, 7) is 3.22. The molecule has 1 fully saturated rings. The number of nitrogens with one attached hydrogen (secondary N) is 2. The molecule has 0 bridgehead atoms. The maximum Gasteiger partial charge on any atom is 0.119 e. The van der Waals surface area contributed by atoms with Crippen LogP contribution in [-0.2, 0) is 6.54 Å². The lowest BCUT2D eigenvalue weighted by atomic mass is 9.89. The quantitative estimate of drug-likeness (QED) is 0.777. The predicted molar refractivity (Wildman–Crippen MR) is 90.7 cm³/mol. The molecule has 0 saturated carbocycles. The van der Waals surface area contributed by atoms with Gasteiger partial charge in [-0.05, 0) is 61.7 Å². The largest absolute Gasteiger partial charge is 0.497 e. The lowest BCUT2D eigenvalue weighted by Gasteiger charge is -2.31. The SMILES string of the molecule is COc1ccc2[nH]cc(C3CCN(Cc4ccn[nH]4)CC3)c2c1. The number of fused-ring (bicyclic) bond motifs is 1. The summed E-state index contributed by atoms with van der Waals surface area (Å²) < 4.78 is 5.38. The fraction of sp³-hybridized carbons (Fsp3) is 0.389. The van der Waals surface area contributed by atoms with Crippen molar-refractivity contribution in [2.24, 2.45) is 0 Å². The average molecular weight is 310 g/mol. The normalized spacial score (nSPS) is 16.9. The first kappa shape index (κ1) is 14.3. The maximum absolute atomic E-state index is 5.38. The van der Waals surface area contributed by atoms with Gasteiger partial charge in [0.1, 0.15) is 5.75 Å². The van der Waals surface area contributed by atoms with Crippen LogP contribution in [0.3, 0.4) is 0 Å². The van der Waals surface area contributed by atoms with Crippen LogP contribution in [-0.4, -0.2) is 40.3 Å². The number of aromatic amines is 2. The lowest BCUT2D eigenvalue weighted by molar-refractivity contribution is 0.203. The van der Waals surface area contributed by atoms with E-state index in [4.69, 9.17) is 4.74 Å². The van der Waals surface area contributed by atoms with E-state index in [-0.39, 0.29) is 0 Å². The third kappa shape index (κ3) is 2.84. The second kappa shape index (κ2) is 6.08. The minimum absolute atomic E-state index is 0.619. The van der Waals surface area contributed by atoms with Crippen molar-refractivity contribution in [3.8, 4) is 5.75 Å². The number of likely N-dealkylation sites (tertiary alicyclic amines) is 1. The molecule has 0 unspecified atom stereocenters. The molecule has 120 valence electrons. The van der Waals surface area contributed by atoms with Crippen LogP contribution >= 0.6 is 0 Å². The van der Waals surface area contributed by atoms with E-state index in [1.807, 2.05) is 12.3 Å². The molecule has 0 spiro atoms. The van der Waals surface area contributed by atoms with Crippen LogP contribution in [0.5, 0.6) is 5.75 Å². The van der Waals surface area contributed by atoms with Crippen LogP contribution in [0.1, 0.15) is 30.0 Å². The Morgan fingerprint density at radius 2 is 2.13 bits per heavy atom. The summed E-state index contributed by atoms with van der Waals surface area (Å²) >= 11 is 0. The van der Waals surface area contributed by atoms with Crippen LogP contribution < -0.4 is 4.74 Å². The van der Waals surface area contributed by atoms with E-state index in [0.717, 1.165) is 25.4 Å². The summed E-state index contributed by atoms with van der Waals surface area (Å²) in [6, 6.07) is 8.32. The molecular weight excluding hydrogens is 288 g/mol. The third-order valence-corrected chi connectivity index (χ3v) is 4.90. The summed E-state index contributed by atoms with van der Waals surface area (Å²) in [4.78, 5) is 5.90. The topological polar surface area (TPSA) is 56.9 Å². The Morgan fingerprint density at radius 1 is 1.26 bits per heavy atom. The maximum atomic E-state index is 5.38. The second-order valence-electron chi connectivity index (χ2n) is 6.29. The van der Waals surface area contributed by atoms with Gasteiger partial charge in [0.05, 0.1) is 7.11 Å². The van der Waals surface area contributed by atoms with Crippen LogP contribution in [0.2, 0.25) is 0 Å². The lowest BCUT2D eigenvalue weighted by Crippen LogP contribution is -2.32. The van der Waals surface area contributed by atoms with E-state index in [0.29, 0.717) is 5.92 Å². The number of piperidine rings is 1. The van der Waals surface area contributed by atoms with Crippen molar-refractivity contribution in [2.75, 3.05) is 20.2 Å². The Kier molecular flexibility index (Phi) is 3.79. The molecule has 23 heavy (non-hydrogen) atoms. The van der Waals surface area contributed by atoms with E-state index >= 15 is 0 Å². The van der Waals surface area contributed by atoms with E-state index in [2.05, 4.69) is 44.5 Å². The van der Waals surface area contributed by atoms with Gasteiger partial charge in [0.25, 0.3) is 0 Å². The van der Waals surface area contributed by atoms with Gasteiger partial charge in [0, 0.05) is 35.5 Å². The van der Waals surface area contributed by atoms with E-state index in [1.165, 1.54) is 35.0 Å². The summed E-state index contributed by atoms with van der Waals surface area (Å²) in [6.07, 6.45) is 6.39. The number of H-pyrrole nitrogens is 2. The Balaban J connectivity index is 1.47. The van der Waals surface area contributed by atoms with E-state index in [9.17, 15) is 0 Å². The zero-order valence-electron chi connectivity index (χ0n) is 13.4. The Bertz CT molecular complexity index is 770. The Hall–Kier alpha value is -2.27. The van der Waals surface area contributed by atoms with E-state index < -0.39 is 0 Å². The molecule has 1 aliphatic heterocycles. The van der Waals surface area contributed by atoms with Gasteiger partial charge in [0.15, 0.2) is 0 Å². The first-order chi connectivity index (χ1) is 11.3. The summed E-state index contributed by atoms with van der Waals surface area (Å²) in [5, 5.41) is 8.38. The summed E-state index contributed by atoms with van der Waals surface area (Å²) in [7, 11) is 1.72. The highest BCUT2D eigenvalue weighted by Gasteiger charge is 2.23. The first-order valence-corrected chi connectivity index (χ1v) is 8.19. The molecule has 3 heterocycles. The first-order valence-electron chi connectivity index (χ1n) is 8.19. The molecule has 0 amide bonds. The monoisotopic (exact) mass is 310 g/mol. The average Bonchev–Trinajstić information content (AvgIpc) is 3.24. The number of methoxy groups -OCH3 is 1. The highest BCUT2D eigenvalue weighted by molar-refractivity contribution is 5.85. The number of rotatable bonds is 4. The molecule has 1 aliphatic rings. The van der Waals surface area contributed by atoms with Crippen LogP contribution in [0, 0.1) is 0 Å². The van der Waals surface area contributed by atoms with Gasteiger partial charge in [-0.3, -0.25) is 10.00 Å². The standard InChI is InChI=1S/C18H22N4O/c1-23-15-2-3-18-16(10-15)17(11-19-18)13-5-8-22(9-6-13)12-14-4-7-20-21-14/h2-4,7,10-11,13,19H,5-6,8-9,12H2,1H3,(H,20,21). The summed E-state index contributed by atoms with van der Waals surface area (Å²) in [5.74, 6) is 1.55. The molecule has 5 nitrogen and oxygen atoms in total. The minimum Gasteiger partial charge on any atom is -0.497 e. The van der Waals surface area contributed by atoms with Gasteiger partial charge in [-0.15, -0.1) is 0 Å². The smallest absolute Gasteiger partial charge is 0.119 e. The molecule has 3 aromatic rings. The van der Waals surface area contributed by atoms with Crippen LogP contribution in [0.25, 0.3) is 10.9 Å². The van der Waals surface area contributed by atoms with Gasteiger partial charge >= 0.3 is 0 Å².